The first kappa shape index (κ1) is 14.2. The summed E-state index contributed by atoms with van der Waals surface area (Å²) < 4.78 is 0. The second-order valence-corrected chi connectivity index (χ2v) is 5.00. The van der Waals surface area contributed by atoms with Gasteiger partial charge in [-0.3, -0.25) is 4.79 Å². The SMILES string of the molecule is Cc1cccc(C(C#N)CC(=O)NCC(C)C)c1. The highest BCUT2D eigenvalue weighted by Crippen LogP contribution is 2.19. The average molecular weight is 244 g/mol. The van der Waals surface area contributed by atoms with Crippen LogP contribution < -0.4 is 5.32 Å². The van der Waals surface area contributed by atoms with Crippen LogP contribution >= 0.6 is 0 Å². The zero-order valence-electron chi connectivity index (χ0n) is 11.2. The van der Waals surface area contributed by atoms with Crippen LogP contribution in [0.25, 0.3) is 0 Å². The van der Waals surface area contributed by atoms with E-state index in [-0.39, 0.29) is 18.2 Å². The molecule has 0 saturated carbocycles. The summed E-state index contributed by atoms with van der Waals surface area (Å²) in [6.45, 7) is 6.73. The molecule has 3 nitrogen and oxygen atoms in total. The van der Waals surface area contributed by atoms with Gasteiger partial charge in [-0.1, -0.05) is 43.7 Å². The Morgan fingerprint density at radius 2 is 2.17 bits per heavy atom. The van der Waals surface area contributed by atoms with E-state index in [0.717, 1.165) is 11.1 Å². The van der Waals surface area contributed by atoms with E-state index in [4.69, 9.17) is 5.26 Å². The van der Waals surface area contributed by atoms with Crippen molar-refractivity contribution in [2.24, 2.45) is 5.92 Å². The molecule has 1 rings (SSSR count). The van der Waals surface area contributed by atoms with Crippen LogP contribution in [0.4, 0.5) is 0 Å². The number of aryl methyl sites for hydroxylation is 1. The molecule has 1 aromatic rings. The highest BCUT2D eigenvalue weighted by atomic mass is 16.1. The maximum atomic E-state index is 11.7. The van der Waals surface area contributed by atoms with E-state index in [2.05, 4.69) is 11.4 Å². The van der Waals surface area contributed by atoms with Crippen molar-refractivity contribution in [1.29, 1.82) is 5.26 Å². The van der Waals surface area contributed by atoms with E-state index in [0.29, 0.717) is 12.5 Å². The van der Waals surface area contributed by atoms with E-state index >= 15 is 0 Å². The third-order valence-corrected chi connectivity index (χ3v) is 2.70. The fourth-order valence-electron chi connectivity index (χ4n) is 1.70. The zero-order chi connectivity index (χ0) is 13.5. The van der Waals surface area contributed by atoms with Crippen LogP contribution in [0, 0.1) is 24.2 Å². The van der Waals surface area contributed by atoms with Crippen LogP contribution in [0.1, 0.15) is 37.3 Å². The van der Waals surface area contributed by atoms with Crippen LogP contribution in [0.5, 0.6) is 0 Å². The molecule has 0 spiro atoms. The summed E-state index contributed by atoms with van der Waals surface area (Å²) in [7, 11) is 0. The molecule has 1 N–H and O–H groups in total. The molecule has 18 heavy (non-hydrogen) atoms. The largest absolute Gasteiger partial charge is 0.356 e. The van der Waals surface area contributed by atoms with Crippen molar-refractivity contribution < 1.29 is 4.79 Å². The van der Waals surface area contributed by atoms with Gasteiger partial charge in [0.25, 0.3) is 0 Å². The van der Waals surface area contributed by atoms with Gasteiger partial charge in [0.15, 0.2) is 0 Å². The monoisotopic (exact) mass is 244 g/mol. The molecule has 0 bridgehead atoms. The van der Waals surface area contributed by atoms with Crippen molar-refractivity contribution in [3.05, 3.63) is 35.4 Å². The molecule has 0 aliphatic heterocycles. The van der Waals surface area contributed by atoms with Crippen LogP contribution in [-0.4, -0.2) is 12.5 Å². The van der Waals surface area contributed by atoms with E-state index in [1.165, 1.54) is 0 Å². The lowest BCUT2D eigenvalue weighted by Crippen LogP contribution is -2.28. The number of hydrogen-bond donors (Lipinski definition) is 1. The zero-order valence-corrected chi connectivity index (χ0v) is 11.2. The normalized spacial score (nSPS) is 11.9. The number of benzene rings is 1. The maximum Gasteiger partial charge on any atom is 0.221 e. The lowest BCUT2D eigenvalue weighted by molar-refractivity contribution is -0.121. The Kier molecular flexibility index (Phi) is 5.38. The minimum absolute atomic E-state index is 0.0586. The predicted octanol–water partition coefficient (Wildman–Crippen LogP) is 2.76. The molecule has 0 radical (unpaired) electrons. The number of rotatable bonds is 5. The van der Waals surface area contributed by atoms with Crippen LogP contribution in [-0.2, 0) is 4.79 Å². The molecule has 0 fully saturated rings. The van der Waals surface area contributed by atoms with Crippen molar-refractivity contribution >= 4 is 5.91 Å². The number of amides is 1. The molecule has 1 unspecified atom stereocenters. The van der Waals surface area contributed by atoms with Gasteiger partial charge in [-0.25, -0.2) is 0 Å². The predicted molar refractivity (Wildman–Crippen MR) is 72.0 cm³/mol. The number of nitrogens with one attached hydrogen (secondary N) is 1. The van der Waals surface area contributed by atoms with Crippen molar-refractivity contribution in [2.75, 3.05) is 6.54 Å². The topological polar surface area (TPSA) is 52.9 Å². The summed E-state index contributed by atoms with van der Waals surface area (Å²) in [5.41, 5.74) is 2.02. The number of hydrogen-bond acceptors (Lipinski definition) is 2. The van der Waals surface area contributed by atoms with Gasteiger partial charge in [-0.05, 0) is 18.4 Å². The average Bonchev–Trinajstić information content (AvgIpc) is 2.33. The smallest absolute Gasteiger partial charge is 0.221 e. The van der Waals surface area contributed by atoms with E-state index in [1.54, 1.807) is 0 Å². The second kappa shape index (κ2) is 6.80. The van der Waals surface area contributed by atoms with Crippen molar-refractivity contribution in [1.82, 2.24) is 5.32 Å². The molecular weight excluding hydrogens is 224 g/mol. The molecule has 96 valence electrons. The summed E-state index contributed by atoms with van der Waals surface area (Å²) in [5.74, 6) is 0.00211. The third-order valence-electron chi connectivity index (χ3n) is 2.70. The van der Waals surface area contributed by atoms with Crippen LogP contribution in [0.3, 0.4) is 0 Å². The van der Waals surface area contributed by atoms with Crippen LogP contribution in [0.15, 0.2) is 24.3 Å². The van der Waals surface area contributed by atoms with Crippen molar-refractivity contribution in [2.45, 2.75) is 33.1 Å². The summed E-state index contributed by atoms with van der Waals surface area (Å²) in [5, 5.41) is 12.0. The summed E-state index contributed by atoms with van der Waals surface area (Å²) in [4.78, 5) is 11.7. The Balaban J connectivity index is 2.63. The van der Waals surface area contributed by atoms with E-state index in [1.807, 2.05) is 45.0 Å². The first-order valence-corrected chi connectivity index (χ1v) is 6.25. The molecule has 0 saturated heterocycles. The molecule has 0 aliphatic carbocycles. The lowest BCUT2D eigenvalue weighted by atomic mass is 9.95. The van der Waals surface area contributed by atoms with Gasteiger partial charge in [0, 0.05) is 13.0 Å². The van der Waals surface area contributed by atoms with Gasteiger partial charge in [0.05, 0.1) is 12.0 Å². The van der Waals surface area contributed by atoms with E-state index < -0.39 is 0 Å². The molecule has 1 amide bonds. The highest BCUT2D eigenvalue weighted by molar-refractivity contribution is 5.77. The lowest BCUT2D eigenvalue weighted by Gasteiger charge is -2.11. The van der Waals surface area contributed by atoms with Crippen LogP contribution in [0.2, 0.25) is 0 Å². The third kappa shape index (κ3) is 4.58. The minimum Gasteiger partial charge on any atom is -0.356 e. The first-order valence-electron chi connectivity index (χ1n) is 6.25. The number of nitriles is 1. The first-order chi connectivity index (χ1) is 8.52. The van der Waals surface area contributed by atoms with Gasteiger partial charge in [-0.15, -0.1) is 0 Å². The Hall–Kier alpha value is -1.82. The van der Waals surface area contributed by atoms with Crippen molar-refractivity contribution in [3.8, 4) is 6.07 Å². The summed E-state index contributed by atoms with van der Waals surface area (Å²) in [6.07, 6.45) is 0.229. The molecule has 1 atom stereocenters. The molecule has 0 aliphatic rings. The van der Waals surface area contributed by atoms with Crippen molar-refractivity contribution in [3.63, 3.8) is 0 Å². The Morgan fingerprint density at radius 3 is 2.72 bits per heavy atom. The number of carbonyl (C=O) groups is 1. The van der Waals surface area contributed by atoms with Gasteiger partial charge < -0.3 is 5.32 Å². The number of nitrogens with zero attached hydrogens (tertiary/aromatic N) is 1. The standard InChI is InChI=1S/C15H20N2O/c1-11(2)10-17-15(18)8-14(9-16)13-6-4-5-12(3)7-13/h4-7,11,14H,8,10H2,1-3H3,(H,17,18). The fourth-order valence-corrected chi connectivity index (χ4v) is 1.70. The Bertz CT molecular complexity index is 446. The Labute approximate surface area is 109 Å². The highest BCUT2D eigenvalue weighted by Gasteiger charge is 2.15. The molecular formula is C15H20N2O. The summed E-state index contributed by atoms with van der Waals surface area (Å²) in [6, 6.07) is 9.97. The quantitative estimate of drug-likeness (QED) is 0.865. The Morgan fingerprint density at radius 1 is 1.44 bits per heavy atom. The van der Waals surface area contributed by atoms with Gasteiger partial charge in [0.1, 0.15) is 0 Å². The minimum atomic E-state index is -0.364. The van der Waals surface area contributed by atoms with E-state index in [9.17, 15) is 4.79 Å². The molecule has 0 aromatic heterocycles. The molecule has 0 heterocycles. The van der Waals surface area contributed by atoms with Gasteiger partial charge in [-0.2, -0.15) is 5.26 Å². The van der Waals surface area contributed by atoms with Gasteiger partial charge >= 0.3 is 0 Å². The molecule has 1 aromatic carbocycles. The second-order valence-electron chi connectivity index (χ2n) is 5.00. The number of carbonyl (C=O) groups excluding carboxylic acids is 1. The van der Waals surface area contributed by atoms with Gasteiger partial charge in [0.2, 0.25) is 5.91 Å². The molecule has 3 heteroatoms. The maximum absolute atomic E-state index is 11.7. The summed E-state index contributed by atoms with van der Waals surface area (Å²) >= 11 is 0. The fraction of sp³-hybridized carbons (Fsp3) is 0.467.